The second-order valence-electron chi connectivity index (χ2n) is 7.37. The molecule has 0 spiro atoms. The summed E-state index contributed by atoms with van der Waals surface area (Å²) in [6.07, 6.45) is 1.64. The largest absolute Gasteiger partial charge is 0.490 e. The van der Waals surface area contributed by atoms with Crippen LogP contribution in [-0.4, -0.2) is 46.4 Å². The van der Waals surface area contributed by atoms with Crippen molar-refractivity contribution in [3.05, 3.63) is 71.4 Å². The molecule has 3 aromatic rings. The van der Waals surface area contributed by atoms with E-state index in [-0.39, 0.29) is 32.1 Å². The molecule has 1 N–H and O–H groups in total. The highest BCUT2D eigenvalue weighted by atomic mass is 19.1. The molecule has 1 aliphatic heterocycles. The number of aromatic nitrogens is 3. The van der Waals surface area contributed by atoms with Gasteiger partial charge >= 0.3 is 0 Å². The zero-order valence-electron chi connectivity index (χ0n) is 16.6. The number of halogens is 1. The Morgan fingerprint density at radius 2 is 1.90 bits per heavy atom. The Morgan fingerprint density at radius 1 is 1.19 bits per heavy atom. The minimum atomic E-state index is -1.41. The number of rotatable bonds is 8. The third kappa shape index (κ3) is 5.43. The van der Waals surface area contributed by atoms with Crippen molar-refractivity contribution in [1.29, 1.82) is 5.26 Å². The van der Waals surface area contributed by atoms with E-state index in [0.717, 1.165) is 11.1 Å². The van der Waals surface area contributed by atoms with Gasteiger partial charge in [-0.05, 0) is 35.4 Å². The maximum Gasteiger partial charge on any atom is 0.230 e. The minimum Gasteiger partial charge on any atom is -0.490 e. The molecule has 1 fully saturated rings. The van der Waals surface area contributed by atoms with Crippen LogP contribution >= 0.6 is 0 Å². The summed E-state index contributed by atoms with van der Waals surface area (Å²) in [5, 5.41) is 20.0. The Balaban J connectivity index is 1.26. The van der Waals surface area contributed by atoms with Crippen LogP contribution in [-0.2, 0) is 22.5 Å². The van der Waals surface area contributed by atoms with E-state index in [2.05, 4.69) is 21.6 Å². The SMILES string of the molecule is N#Cc1ccc(Cn2ncc(NC(=O)Cc3ccc(OCC4(F)COC4)cc3)n2)cc1. The van der Waals surface area contributed by atoms with Gasteiger partial charge in [0.1, 0.15) is 12.4 Å². The molecule has 0 radical (unpaired) electrons. The molecule has 1 aromatic heterocycles. The predicted molar refractivity (Wildman–Crippen MR) is 109 cm³/mol. The number of anilines is 1. The van der Waals surface area contributed by atoms with Crippen LogP contribution in [0, 0.1) is 11.3 Å². The molecular formula is C22H20FN5O3. The van der Waals surface area contributed by atoms with Crippen molar-refractivity contribution in [2.45, 2.75) is 18.6 Å². The molecule has 158 valence electrons. The van der Waals surface area contributed by atoms with E-state index in [9.17, 15) is 9.18 Å². The van der Waals surface area contributed by atoms with Crippen molar-refractivity contribution in [3.8, 4) is 11.8 Å². The van der Waals surface area contributed by atoms with Crippen molar-refractivity contribution < 1.29 is 18.7 Å². The lowest BCUT2D eigenvalue weighted by atomic mass is 10.1. The van der Waals surface area contributed by atoms with Crippen LogP contribution in [0.1, 0.15) is 16.7 Å². The van der Waals surface area contributed by atoms with Crippen LogP contribution in [0.4, 0.5) is 10.2 Å². The lowest BCUT2D eigenvalue weighted by molar-refractivity contribution is -0.146. The summed E-state index contributed by atoms with van der Waals surface area (Å²) in [6, 6.07) is 16.1. The van der Waals surface area contributed by atoms with E-state index in [0.29, 0.717) is 23.7 Å². The van der Waals surface area contributed by atoms with Crippen LogP contribution in [0.2, 0.25) is 0 Å². The van der Waals surface area contributed by atoms with Crippen LogP contribution in [0.25, 0.3) is 0 Å². The minimum absolute atomic E-state index is 0.0506. The van der Waals surface area contributed by atoms with Gasteiger partial charge in [0, 0.05) is 0 Å². The third-order valence-corrected chi connectivity index (χ3v) is 4.72. The number of carbonyl (C=O) groups excluding carboxylic acids is 1. The fourth-order valence-corrected chi connectivity index (χ4v) is 2.97. The van der Waals surface area contributed by atoms with Crippen molar-refractivity contribution in [3.63, 3.8) is 0 Å². The Labute approximate surface area is 178 Å². The van der Waals surface area contributed by atoms with Crippen LogP contribution < -0.4 is 10.1 Å². The molecule has 0 atom stereocenters. The summed E-state index contributed by atoms with van der Waals surface area (Å²) in [7, 11) is 0. The lowest BCUT2D eigenvalue weighted by Crippen LogP contribution is -2.50. The molecule has 9 heteroatoms. The lowest BCUT2D eigenvalue weighted by Gasteiger charge is -2.33. The van der Waals surface area contributed by atoms with Gasteiger partial charge in [0.15, 0.2) is 11.5 Å². The van der Waals surface area contributed by atoms with Crippen molar-refractivity contribution >= 4 is 11.7 Å². The number of hydrogen-bond donors (Lipinski definition) is 1. The van der Waals surface area contributed by atoms with Gasteiger partial charge < -0.3 is 14.8 Å². The smallest absolute Gasteiger partial charge is 0.230 e. The summed E-state index contributed by atoms with van der Waals surface area (Å²) >= 11 is 0. The third-order valence-electron chi connectivity index (χ3n) is 4.72. The summed E-state index contributed by atoms with van der Waals surface area (Å²) in [5.74, 6) is 0.668. The molecule has 4 rings (SSSR count). The number of carbonyl (C=O) groups is 1. The molecule has 0 unspecified atom stereocenters. The molecule has 8 nitrogen and oxygen atoms in total. The molecular weight excluding hydrogens is 401 g/mol. The zero-order valence-corrected chi connectivity index (χ0v) is 16.6. The number of ether oxygens (including phenoxy) is 2. The molecule has 1 aliphatic rings. The van der Waals surface area contributed by atoms with Crippen LogP contribution in [0.5, 0.6) is 5.75 Å². The molecule has 0 bridgehead atoms. The second kappa shape index (κ2) is 8.93. The van der Waals surface area contributed by atoms with E-state index in [4.69, 9.17) is 14.7 Å². The van der Waals surface area contributed by atoms with E-state index in [1.807, 2.05) is 12.1 Å². The van der Waals surface area contributed by atoms with E-state index in [1.54, 1.807) is 36.4 Å². The summed E-state index contributed by atoms with van der Waals surface area (Å²) in [5.41, 5.74) is 0.912. The van der Waals surface area contributed by atoms with E-state index >= 15 is 0 Å². The van der Waals surface area contributed by atoms with Gasteiger partial charge in [0.05, 0.1) is 44.0 Å². The number of nitrogens with zero attached hydrogens (tertiary/aromatic N) is 4. The second-order valence-corrected chi connectivity index (χ2v) is 7.37. The van der Waals surface area contributed by atoms with E-state index < -0.39 is 5.67 Å². The van der Waals surface area contributed by atoms with Gasteiger partial charge in [-0.1, -0.05) is 24.3 Å². The van der Waals surface area contributed by atoms with Gasteiger partial charge in [0.25, 0.3) is 0 Å². The molecule has 1 saturated heterocycles. The Morgan fingerprint density at radius 3 is 2.55 bits per heavy atom. The topological polar surface area (TPSA) is 102 Å². The quantitative estimate of drug-likeness (QED) is 0.600. The number of nitrogens with one attached hydrogen (secondary N) is 1. The predicted octanol–water partition coefficient (Wildman–Crippen LogP) is 2.50. The molecule has 1 amide bonds. The molecule has 2 heterocycles. The average Bonchev–Trinajstić information content (AvgIpc) is 3.19. The van der Waals surface area contributed by atoms with Gasteiger partial charge in [0.2, 0.25) is 5.91 Å². The molecule has 31 heavy (non-hydrogen) atoms. The summed E-state index contributed by atoms with van der Waals surface area (Å²) in [6.45, 7) is 0.493. The number of alkyl halides is 1. The first kappa shape index (κ1) is 20.5. The Bertz CT molecular complexity index is 1090. The average molecular weight is 421 g/mol. The highest BCUT2D eigenvalue weighted by Crippen LogP contribution is 2.23. The fourth-order valence-electron chi connectivity index (χ4n) is 2.97. The molecule has 2 aromatic carbocycles. The first-order valence-corrected chi connectivity index (χ1v) is 9.69. The first-order chi connectivity index (χ1) is 15.0. The fraction of sp³-hybridized carbons (Fsp3) is 0.273. The maximum absolute atomic E-state index is 13.9. The Hall–Kier alpha value is -3.77. The number of nitriles is 1. The highest BCUT2D eigenvalue weighted by molar-refractivity contribution is 5.91. The van der Waals surface area contributed by atoms with Crippen molar-refractivity contribution in [1.82, 2.24) is 15.0 Å². The van der Waals surface area contributed by atoms with Gasteiger partial charge in [-0.15, -0.1) is 5.10 Å². The standard InChI is InChI=1S/C22H20FN5O3/c23-22(13-30-14-22)15-31-19-7-5-16(6-8-19)9-21(29)26-20-11-25-28(27-20)12-18-3-1-17(10-24)2-4-18/h1-8,11H,9,12-15H2,(H,26,27,29). The molecule has 0 saturated carbocycles. The summed E-state index contributed by atoms with van der Waals surface area (Å²) < 4.78 is 24.2. The van der Waals surface area contributed by atoms with Gasteiger partial charge in [-0.3, -0.25) is 4.79 Å². The van der Waals surface area contributed by atoms with Gasteiger partial charge in [-0.2, -0.15) is 15.2 Å². The molecule has 0 aliphatic carbocycles. The Kier molecular flexibility index (Phi) is 5.91. The highest BCUT2D eigenvalue weighted by Gasteiger charge is 2.39. The van der Waals surface area contributed by atoms with E-state index in [1.165, 1.54) is 11.0 Å². The maximum atomic E-state index is 13.9. The van der Waals surface area contributed by atoms with Crippen molar-refractivity contribution in [2.24, 2.45) is 0 Å². The monoisotopic (exact) mass is 421 g/mol. The van der Waals surface area contributed by atoms with Crippen LogP contribution in [0.3, 0.4) is 0 Å². The number of hydrogen-bond acceptors (Lipinski definition) is 6. The van der Waals surface area contributed by atoms with Gasteiger partial charge in [-0.25, -0.2) is 4.39 Å². The summed E-state index contributed by atoms with van der Waals surface area (Å²) in [4.78, 5) is 13.8. The van der Waals surface area contributed by atoms with Crippen LogP contribution in [0.15, 0.2) is 54.7 Å². The number of amides is 1. The zero-order chi connectivity index (χ0) is 21.7. The first-order valence-electron chi connectivity index (χ1n) is 9.69. The normalized spacial score (nSPS) is 14.3. The number of benzene rings is 2. The van der Waals surface area contributed by atoms with Crippen molar-refractivity contribution in [2.75, 3.05) is 25.1 Å².